The van der Waals surface area contributed by atoms with Crippen LogP contribution in [0.3, 0.4) is 0 Å². The van der Waals surface area contributed by atoms with Gasteiger partial charge in [-0.2, -0.15) is 4.31 Å². The molecule has 0 amide bonds. The van der Waals surface area contributed by atoms with E-state index in [0.717, 1.165) is 12.0 Å². The summed E-state index contributed by atoms with van der Waals surface area (Å²) >= 11 is 7.49. The van der Waals surface area contributed by atoms with Gasteiger partial charge in [-0.25, -0.2) is 8.42 Å². The first kappa shape index (κ1) is 19.1. The van der Waals surface area contributed by atoms with Crippen molar-refractivity contribution in [1.29, 1.82) is 0 Å². The largest absolute Gasteiger partial charge is 0.507 e. The van der Waals surface area contributed by atoms with E-state index < -0.39 is 10.0 Å². The van der Waals surface area contributed by atoms with Gasteiger partial charge in [-0.1, -0.05) is 11.6 Å². The fourth-order valence-electron chi connectivity index (χ4n) is 3.05. The molecule has 0 radical (unpaired) electrons. The second-order valence-corrected chi connectivity index (χ2v) is 9.79. The Bertz CT molecular complexity index is 1140. The van der Waals surface area contributed by atoms with E-state index in [2.05, 4.69) is 4.99 Å². The Morgan fingerprint density at radius 3 is 2.68 bits per heavy atom. The minimum atomic E-state index is -3.55. The average Bonchev–Trinajstić information content (AvgIpc) is 3.15. The molecule has 2 heterocycles. The van der Waals surface area contributed by atoms with Gasteiger partial charge in [0.05, 0.1) is 10.6 Å². The molecule has 0 saturated heterocycles. The van der Waals surface area contributed by atoms with E-state index in [9.17, 15) is 13.5 Å². The lowest BCUT2D eigenvalue weighted by atomic mass is 10.1. The number of nitrogens with zero attached hydrogens (tertiary/aromatic N) is 2. The fourth-order valence-corrected chi connectivity index (χ4v) is 5.53. The topological polar surface area (TPSA) is 70.0 Å². The minimum absolute atomic E-state index is 0.0355. The molecule has 1 N–H and O–H groups in total. The third-order valence-electron chi connectivity index (χ3n) is 4.59. The Balaban J connectivity index is 1.52. The first-order valence-corrected chi connectivity index (χ1v) is 11.3. The normalized spacial score (nSPS) is 15.0. The van der Waals surface area contributed by atoms with Crippen LogP contribution in [0.5, 0.6) is 5.75 Å². The second-order valence-electron chi connectivity index (χ2n) is 6.41. The number of thiophene rings is 1. The summed E-state index contributed by atoms with van der Waals surface area (Å²) in [6.07, 6.45) is 2.26. The van der Waals surface area contributed by atoms with Crippen LogP contribution in [0.2, 0.25) is 5.02 Å². The summed E-state index contributed by atoms with van der Waals surface area (Å²) in [4.78, 5) is 5.81. The second kappa shape index (κ2) is 7.67. The molecule has 0 atom stereocenters. The van der Waals surface area contributed by atoms with E-state index >= 15 is 0 Å². The van der Waals surface area contributed by atoms with Gasteiger partial charge in [0.25, 0.3) is 0 Å². The number of sulfonamides is 1. The molecular formula is C20H17ClN2O3S2. The Labute approximate surface area is 172 Å². The van der Waals surface area contributed by atoms with Crippen LogP contribution in [0.4, 0.5) is 5.69 Å². The fraction of sp³-hybridized carbons (Fsp3) is 0.150. The molecule has 5 nitrogen and oxygen atoms in total. The maximum Gasteiger partial charge on any atom is 0.243 e. The van der Waals surface area contributed by atoms with Crippen LogP contribution in [-0.4, -0.2) is 30.6 Å². The first-order valence-electron chi connectivity index (χ1n) is 8.61. The SMILES string of the molecule is O=S(=O)(c1ccc(N=Cc2ccc(Cl)cc2O)cc1)N1CCc2sccc2C1. The van der Waals surface area contributed by atoms with E-state index in [4.69, 9.17) is 11.6 Å². The van der Waals surface area contributed by atoms with Crippen molar-refractivity contribution in [2.75, 3.05) is 6.54 Å². The van der Waals surface area contributed by atoms with Crippen molar-refractivity contribution in [2.45, 2.75) is 17.9 Å². The molecule has 0 saturated carbocycles. The minimum Gasteiger partial charge on any atom is -0.507 e. The maximum atomic E-state index is 12.9. The van der Waals surface area contributed by atoms with E-state index in [-0.39, 0.29) is 10.6 Å². The molecular weight excluding hydrogens is 416 g/mol. The molecule has 0 bridgehead atoms. The van der Waals surface area contributed by atoms with E-state index in [0.29, 0.717) is 29.4 Å². The number of hydrogen-bond acceptors (Lipinski definition) is 5. The maximum absolute atomic E-state index is 12.9. The third kappa shape index (κ3) is 3.84. The van der Waals surface area contributed by atoms with E-state index in [1.807, 2.05) is 11.4 Å². The number of rotatable bonds is 4. The van der Waals surface area contributed by atoms with Crippen LogP contribution >= 0.6 is 22.9 Å². The van der Waals surface area contributed by atoms with Gasteiger partial charge in [-0.05, 0) is 65.9 Å². The first-order chi connectivity index (χ1) is 13.4. The molecule has 0 fully saturated rings. The van der Waals surface area contributed by atoms with Crippen LogP contribution in [0, 0.1) is 0 Å². The number of aliphatic imine (C=N–C) groups is 1. The molecule has 1 aliphatic heterocycles. The summed E-state index contributed by atoms with van der Waals surface area (Å²) < 4.78 is 27.4. The van der Waals surface area contributed by atoms with Gasteiger partial charge >= 0.3 is 0 Å². The van der Waals surface area contributed by atoms with E-state index in [1.165, 1.54) is 21.5 Å². The number of fused-ring (bicyclic) bond motifs is 1. The van der Waals surface area contributed by atoms with Gasteiger partial charge in [0.15, 0.2) is 0 Å². The molecule has 1 aliphatic rings. The Morgan fingerprint density at radius 1 is 1.14 bits per heavy atom. The predicted molar refractivity (Wildman–Crippen MR) is 112 cm³/mol. The third-order valence-corrected chi connectivity index (χ3v) is 7.71. The molecule has 2 aromatic carbocycles. The zero-order valence-electron chi connectivity index (χ0n) is 14.7. The van der Waals surface area contributed by atoms with Crippen molar-refractivity contribution in [3.05, 3.63) is 74.9 Å². The molecule has 0 unspecified atom stereocenters. The molecule has 28 heavy (non-hydrogen) atoms. The lowest BCUT2D eigenvalue weighted by Crippen LogP contribution is -2.35. The number of aromatic hydroxyl groups is 1. The quantitative estimate of drug-likeness (QED) is 0.612. The molecule has 0 aliphatic carbocycles. The zero-order chi connectivity index (χ0) is 19.7. The van der Waals surface area contributed by atoms with Gasteiger partial charge < -0.3 is 5.11 Å². The highest BCUT2D eigenvalue weighted by Gasteiger charge is 2.28. The van der Waals surface area contributed by atoms with Crippen LogP contribution in [0.1, 0.15) is 16.0 Å². The van der Waals surface area contributed by atoms with Gasteiger partial charge in [0.1, 0.15) is 5.75 Å². The Morgan fingerprint density at radius 2 is 1.93 bits per heavy atom. The van der Waals surface area contributed by atoms with Crippen molar-refractivity contribution in [1.82, 2.24) is 4.31 Å². The smallest absolute Gasteiger partial charge is 0.243 e. The van der Waals surface area contributed by atoms with Crippen LogP contribution < -0.4 is 0 Å². The van der Waals surface area contributed by atoms with Crippen molar-refractivity contribution >= 4 is 44.9 Å². The number of halogens is 1. The van der Waals surface area contributed by atoms with Crippen LogP contribution in [0.15, 0.2) is 63.8 Å². The molecule has 144 valence electrons. The molecule has 3 aromatic rings. The van der Waals surface area contributed by atoms with Crippen LogP contribution in [-0.2, 0) is 23.0 Å². The van der Waals surface area contributed by atoms with Gasteiger partial charge in [-0.3, -0.25) is 4.99 Å². The standard InChI is InChI=1S/C20H17ClN2O3S2/c21-16-2-1-14(19(24)11-16)12-22-17-3-5-18(6-4-17)28(25,26)23-9-7-20-15(13-23)8-10-27-20/h1-6,8,10-12,24H,7,9,13H2. The Kier molecular flexibility index (Phi) is 5.25. The van der Waals surface area contributed by atoms with Crippen molar-refractivity contribution in [3.8, 4) is 5.75 Å². The van der Waals surface area contributed by atoms with Gasteiger partial charge in [-0.15, -0.1) is 11.3 Å². The van der Waals surface area contributed by atoms with Crippen molar-refractivity contribution < 1.29 is 13.5 Å². The number of phenolic OH excluding ortho intramolecular Hbond substituents is 1. The molecule has 1 aromatic heterocycles. The summed E-state index contributed by atoms with van der Waals surface area (Å²) in [6, 6.07) is 13.2. The number of phenols is 1. The van der Waals surface area contributed by atoms with Crippen molar-refractivity contribution in [3.63, 3.8) is 0 Å². The number of hydrogen-bond donors (Lipinski definition) is 1. The summed E-state index contributed by atoms with van der Waals surface area (Å²) in [5.41, 5.74) is 2.21. The highest BCUT2D eigenvalue weighted by atomic mass is 35.5. The lowest BCUT2D eigenvalue weighted by molar-refractivity contribution is 0.394. The number of benzene rings is 2. The van der Waals surface area contributed by atoms with Crippen LogP contribution in [0.25, 0.3) is 0 Å². The summed E-state index contributed by atoms with van der Waals surface area (Å²) in [7, 11) is -3.55. The Hall–Kier alpha value is -2.19. The lowest BCUT2D eigenvalue weighted by Gasteiger charge is -2.26. The van der Waals surface area contributed by atoms with Gasteiger partial charge in [0.2, 0.25) is 10.0 Å². The zero-order valence-corrected chi connectivity index (χ0v) is 17.1. The molecule has 0 spiro atoms. The summed E-state index contributed by atoms with van der Waals surface area (Å²) in [5, 5.41) is 12.3. The molecule has 8 heteroatoms. The predicted octanol–water partition coefficient (Wildman–Crippen LogP) is 4.60. The van der Waals surface area contributed by atoms with E-state index in [1.54, 1.807) is 47.7 Å². The van der Waals surface area contributed by atoms with Crippen molar-refractivity contribution in [2.24, 2.45) is 4.99 Å². The highest BCUT2D eigenvalue weighted by molar-refractivity contribution is 7.89. The monoisotopic (exact) mass is 432 g/mol. The van der Waals surface area contributed by atoms with Gasteiger partial charge in [0, 0.05) is 34.8 Å². The molecule has 4 rings (SSSR count). The summed E-state index contributed by atoms with van der Waals surface area (Å²) in [6.45, 7) is 0.905. The summed E-state index contributed by atoms with van der Waals surface area (Å²) in [5.74, 6) is 0.0355. The average molecular weight is 433 g/mol. The highest BCUT2D eigenvalue weighted by Crippen LogP contribution is 2.29.